The summed E-state index contributed by atoms with van der Waals surface area (Å²) in [6.45, 7) is 5.29. The van der Waals surface area contributed by atoms with Crippen LogP contribution in [0.5, 0.6) is 0 Å². The molecule has 0 unspecified atom stereocenters. The van der Waals surface area contributed by atoms with E-state index < -0.39 is 17.6 Å². The molecule has 0 bridgehead atoms. The van der Waals surface area contributed by atoms with Gasteiger partial charge in [-0.2, -0.15) is 0 Å². The Morgan fingerprint density at radius 2 is 2.00 bits per heavy atom. The quantitative estimate of drug-likeness (QED) is 0.821. The molecule has 0 saturated heterocycles. The lowest BCUT2D eigenvalue weighted by Crippen LogP contribution is -2.39. The molecule has 0 fully saturated rings. The van der Waals surface area contributed by atoms with Crippen LogP contribution >= 0.6 is 0 Å². The van der Waals surface area contributed by atoms with Crippen molar-refractivity contribution in [3.63, 3.8) is 0 Å². The van der Waals surface area contributed by atoms with Crippen LogP contribution < -0.4 is 5.73 Å². The molecule has 1 rings (SSSR count). The highest BCUT2D eigenvalue weighted by Crippen LogP contribution is 2.12. The van der Waals surface area contributed by atoms with Crippen LogP contribution in [-0.2, 0) is 16.0 Å². The minimum Gasteiger partial charge on any atom is -0.459 e. The number of hydrogen-bond acceptors (Lipinski definition) is 3. The second kappa shape index (κ2) is 5.27. The third-order valence-electron chi connectivity index (χ3n) is 2.11. The maximum absolute atomic E-state index is 13.3. The summed E-state index contributed by atoms with van der Waals surface area (Å²) in [5.74, 6) is -0.868. The van der Waals surface area contributed by atoms with Gasteiger partial charge in [-0.05, 0) is 32.4 Å². The summed E-state index contributed by atoms with van der Waals surface area (Å²) in [7, 11) is 0. The van der Waals surface area contributed by atoms with Gasteiger partial charge in [0.25, 0.3) is 0 Å². The van der Waals surface area contributed by atoms with Crippen LogP contribution in [0.3, 0.4) is 0 Å². The van der Waals surface area contributed by atoms with E-state index in [1.54, 1.807) is 39.0 Å². The van der Waals surface area contributed by atoms with E-state index in [1.807, 2.05) is 0 Å². The molecule has 0 aliphatic heterocycles. The summed E-state index contributed by atoms with van der Waals surface area (Å²) >= 11 is 0. The van der Waals surface area contributed by atoms with E-state index in [0.29, 0.717) is 5.56 Å². The average molecular weight is 239 g/mol. The third kappa shape index (κ3) is 4.53. The van der Waals surface area contributed by atoms with Crippen molar-refractivity contribution in [1.29, 1.82) is 0 Å². The zero-order valence-electron chi connectivity index (χ0n) is 10.4. The lowest BCUT2D eigenvalue weighted by Gasteiger charge is -2.22. The van der Waals surface area contributed by atoms with Gasteiger partial charge >= 0.3 is 5.97 Å². The van der Waals surface area contributed by atoms with Gasteiger partial charge < -0.3 is 10.5 Å². The Balaban J connectivity index is 2.64. The first-order chi connectivity index (χ1) is 7.79. The lowest BCUT2D eigenvalue weighted by atomic mass is 10.1. The molecular weight excluding hydrogens is 221 g/mol. The zero-order valence-corrected chi connectivity index (χ0v) is 10.4. The second-order valence-corrected chi connectivity index (χ2v) is 4.94. The number of benzene rings is 1. The topological polar surface area (TPSA) is 52.3 Å². The van der Waals surface area contributed by atoms with E-state index in [9.17, 15) is 9.18 Å². The van der Waals surface area contributed by atoms with Gasteiger partial charge in [0.15, 0.2) is 0 Å². The normalized spacial score (nSPS) is 13.2. The number of carbonyl (C=O) groups is 1. The van der Waals surface area contributed by atoms with Crippen LogP contribution in [0.4, 0.5) is 4.39 Å². The van der Waals surface area contributed by atoms with Crippen molar-refractivity contribution in [3.05, 3.63) is 35.6 Å². The van der Waals surface area contributed by atoms with Gasteiger partial charge in [0.05, 0.1) is 0 Å². The Bertz CT molecular complexity index is 399. The van der Waals surface area contributed by atoms with Crippen LogP contribution in [0.1, 0.15) is 26.3 Å². The summed E-state index contributed by atoms with van der Waals surface area (Å²) < 4.78 is 18.5. The molecule has 17 heavy (non-hydrogen) atoms. The molecule has 94 valence electrons. The smallest absolute Gasteiger partial charge is 0.323 e. The molecule has 0 saturated carbocycles. The Morgan fingerprint density at radius 1 is 1.41 bits per heavy atom. The van der Waals surface area contributed by atoms with Gasteiger partial charge in [0.2, 0.25) is 0 Å². The van der Waals surface area contributed by atoms with Crippen molar-refractivity contribution in [2.75, 3.05) is 0 Å². The SMILES string of the molecule is CC(C)(C)OC(=O)[C@@H](N)Cc1ccccc1F. The highest BCUT2D eigenvalue weighted by molar-refractivity contribution is 5.76. The predicted molar refractivity (Wildman–Crippen MR) is 63.9 cm³/mol. The van der Waals surface area contributed by atoms with Gasteiger partial charge in [-0.1, -0.05) is 18.2 Å². The van der Waals surface area contributed by atoms with Gasteiger partial charge in [-0.3, -0.25) is 4.79 Å². The molecule has 3 nitrogen and oxygen atoms in total. The van der Waals surface area contributed by atoms with Gasteiger partial charge in [-0.25, -0.2) is 4.39 Å². The van der Waals surface area contributed by atoms with Crippen LogP contribution in [0, 0.1) is 5.82 Å². The van der Waals surface area contributed by atoms with Crippen molar-refractivity contribution < 1.29 is 13.9 Å². The largest absolute Gasteiger partial charge is 0.459 e. The Kier molecular flexibility index (Phi) is 4.23. The number of esters is 1. The number of hydrogen-bond donors (Lipinski definition) is 1. The molecule has 0 radical (unpaired) electrons. The van der Waals surface area contributed by atoms with Crippen molar-refractivity contribution in [2.45, 2.75) is 38.8 Å². The first-order valence-electron chi connectivity index (χ1n) is 5.51. The second-order valence-electron chi connectivity index (χ2n) is 4.94. The molecule has 0 aliphatic carbocycles. The first-order valence-corrected chi connectivity index (χ1v) is 5.51. The molecule has 1 aromatic carbocycles. The number of nitrogens with two attached hydrogens (primary N) is 1. The van der Waals surface area contributed by atoms with E-state index in [1.165, 1.54) is 6.07 Å². The number of rotatable bonds is 3. The Labute approximate surface area is 101 Å². The molecule has 1 aromatic rings. The molecule has 0 amide bonds. The summed E-state index contributed by atoms with van der Waals surface area (Å²) in [6.07, 6.45) is 0.140. The minimum absolute atomic E-state index is 0.140. The van der Waals surface area contributed by atoms with Crippen molar-refractivity contribution in [1.82, 2.24) is 0 Å². The lowest BCUT2D eigenvalue weighted by molar-refractivity contribution is -0.156. The molecule has 0 aliphatic rings. The van der Waals surface area contributed by atoms with E-state index in [4.69, 9.17) is 10.5 Å². The zero-order chi connectivity index (χ0) is 13.1. The number of ether oxygens (including phenoxy) is 1. The van der Waals surface area contributed by atoms with Crippen LogP contribution in [-0.4, -0.2) is 17.6 Å². The average Bonchev–Trinajstić information content (AvgIpc) is 2.18. The number of carbonyl (C=O) groups excluding carboxylic acids is 1. The number of halogens is 1. The fourth-order valence-corrected chi connectivity index (χ4v) is 1.36. The summed E-state index contributed by atoms with van der Waals surface area (Å²) in [6, 6.07) is 5.42. The maximum Gasteiger partial charge on any atom is 0.323 e. The van der Waals surface area contributed by atoms with E-state index in [-0.39, 0.29) is 12.2 Å². The maximum atomic E-state index is 13.3. The summed E-state index contributed by atoms with van der Waals surface area (Å²) in [5.41, 5.74) is 5.53. The Hall–Kier alpha value is -1.42. The molecule has 0 aromatic heterocycles. The Morgan fingerprint density at radius 3 is 2.53 bits per heavy atom. The molecule has 4 heteroatoms. The van der Waals surface area contributed by atoms with Crippen molar-refractivity contribution in [2.24, 2.45) is 5.73 Å². The van der Waals surface area contributed by atoms with E-state index >= 15 is 0 Å². The third-order valence-corrected chi connectivity index (χ3v) is 2.11. The summed E-state index contributed by atoms with van der Waals surface area (Å²) in [4.78, 5) is 11.6. The highest BCUT2D eigenvalue weighted by Gasteiger charge is 2.22. The standard InChI is InChI=1S/C13H18FNO2/c1-13(2,3)17-12(16)11(15)8-9-6-4-5-7-10(9)14/h4-7,11H,8,15H2,1-3H3/t11-/m0/s1. The molecule has 0 heterocycles. The van der Waals surface area contributed by atoms with Crippen LogP contribution in [0.15, 0.2) is 24.3 Å². The van der Waals surface area contributed by atoms with E-state index in [0.717, 1.165) is 0 Å². The minimum atomic E-state index is -0.842. The first kappa shape index (κ1) is 13.6. The predicted octanol–water partition coefficient (Wildman–Crippen LogP) is 2.04. The highest BCUT2D eigenvalue weighted by atomic mass is 19.1. The fraction of sp³-hybridized carbons (Fsp3) is 0.462. The molecule has 1 atom stereocenters. The van der Waals surface area contributed by atoms with Gasteiger partial charge in [0, 0.05) is 6.42 Å². The summed E-state index contributed by atoms with van der Waals surface area (Å²) in [5, 5.41) is 0. The van der Waals surface area contributed by atoms with Gasteiger partial charge in [0.1, 0.15) is 17.5 Å². The van der Waals surface area contributed by atoms with E-state index in [2.05, 4.69) is 0 Å². The monoisotopic (exact) mass is 239 g/mol. The molecule has 2 N–H and O–H groups in total. The molecular formula is C13H18FNO2. The van der Waals surface area contributed by atoms with Crippen molar-refractivity contribution in [3.8, 4) is 0 Å². The van der Waals surface area contributed by atoms with Crippen LogP contribution in [0.2, 0.25) is 0 Å². The van der Waals surface area contributed by atoms with Crippen LogP contribution in [0.25, 0.3) is 0 Å². The molecule has 0 spiro atoms. The van der Waals surface area contributed by atoms with Gasteiger partial charge in [-0.15, -0.1) is 0 Å². The fourth-order valence-electron chi connectivity index (χ4n) is 1.36. The van der Waals surface area contributed by atoms with Crippen molar-refractivity contribution >= 4 is 5.97 Å².